The molecule has 1 aliphatic heterocycles. The summed E-state index contributed by atoms with van der Waals surface area (Å²) in [6, 6.07) is 18.0. The van der Waals surface area contributed by atoms with Crippen LogP contribution in [-0.4, -0.2) is 11.4 Å². The molecule has 0 saturated carbocycles. The van der Waals surface area contributed by atoms with E-state index in [4.69, 9.17) is 0 Å². The molecule has 1 nitrogen and oxygen atoms in total. The average molecular weight is 269 g/mol. The van der Waals surface area contributed by atoms with Crippen LogP contribution in [0.2, 0.25) is 0 Å². The average Bonchev–Trinajstić information content (AvgIpc) is 2.50. The number of hydrogen-bond donors (Lipinski definition) is 0. The monoisotopic (exact) mass is 269 g/mol. The van der Waals surface area contributed by atoms with Gasteiger partial charge in [0.1, 0.15) is 5.82 Å². The largest absolute Gasteiger partial charge is 0.292 e. The van der Waals surface area contributed by atoms with Crippen LogP contribution in [0.3, 0.4) is 0 Å². The zero-order valence-corrected chi connectivity index (χ0v) is 11.6. The van der Waals surface area contributed by atoms with Gasteiger partial charge in [-0.3, -0.25) is 4.90 Å². The van der Waals surface area contributed by atoms with Gasteiger partial charge in [0.05, 0.1) is 0 Å². The molecule has 0 bridgehead atoms. The number of hydrogen-bond acceptors (Lipinski definition) is 1. The van der Waals surface area contributed by atoms with Crippen LogP contribution in [0.25, 0.3) is 0 Å². The van der Waals surface area contributed by atoms with Crippen LogP contribution in [0.15, 0.2) is 54.6 Å². The lowest BCUT2D eigenvalue weighted by atomic mass is 9.94. The van der Waals surface area contributed by atoms with Crippen LogP contribution in [0.4, 0.5) is 4.39 Å². The molecule has 0 spiro atoms. The van der Waals surface area contributed by atoms with Crippen molar-refractivity contribution in [3.8, 4) is 0 Å². The van der Waals surface area contributed by atoms with E-state index in [9.17, 15) is 4.39 Å². The Kier molecular flexibility index (Phi) is 4.12. The molecule has 1 saturated heterocycles. The van der Waals surface area contributed by atoms with E-state index < -0.39 is 0 Å². The van der Waals surface area contributed by atoms with Crippen LogP contribution in [0.5, 0.6) is 0 Å². The quantitative estimate of drug-likeness (QED) is 0.790. The van der Waals surface area contributed by atoms with Crippen molar-refractivity contribution < 1.29 is 4.39 Å². The van der Waals surface area contributed by atoms with Gasteiger partial charge in [0.2, 0.25) is 0 Å². The van der Waals surface area contributed by atoms with E-state index in [0.717, 1.165) is 13.1 Å². The maximum absolute atomic E-state index is 13.1. The molecule has 0 N–H and O–H groups in total. The summed E-state index contributed by atoms with van der Waals surface area (Å²) >= 11 is 0. The third kappa shape index (κ3) is 3.07. The standard InChI is InChI=1S/C18H20FN/c19-17-11-9-16(10-12-17)18-8-4-5-13-20(18)14-15-6-2-1-3-7-15/h1-3,6-7,9-12,18H,4-5,8,13-14H2/t18-/m1/s1. The Morgan fingerprint density at radius 3 is 2.45 bits per heavy atom. The fourth-order valence-corrected chi connectivity index (χ4v) is 3.06. The van der Waals surface area contributed by atoms with Gasteiger partial charge >= 0.3 is 0 Å². The second kappa shape index (κ2) is 6.19. The number of likely N-dealkylation sites (tertiary alicyclic amines) is 1. The maximum atomic E-state index is 13.1. The summed E-state index contributed by atoms with van der Waals surface area (Å²) in [7, 11) is 0. The molecule has 2 heteroatoms. The molecule has 3 rings (SSSR count). The zero-order valence-electron chi connectivity index (χ0n) is 11.6. The fraction of sp³-hybridized carbons (Fsp3) is 0.333. The lowest BCUT2D eigenvalue weighted by molar-refractivity contribution is 0.140. The molecule has 1 heterocycles. The van der Waals surface area contributed by atoms with Gasteiger partial charge in [-0.25, -0.2) is 4.39 Å². The first kappa shape index (κ1) is 13.3. The second-order valence-corrected chi connectivity index (χ2v) is 5.52. The van der Waals surface area contributed by atoms with Crippen LogP contribution in [0, 0.1) is 5.82 Å². The van der Waals surface area contributed by atoms with E-state index in [-0.39, 0.29) is 5.82 Å². The lowest BCUT2D eigenvalue weighted by Crippen LogP contribution is -2.32. The molecule has 0 aromatic heterocycles. The van der Waals surface area contributed by atoms with Gasteiger partial charge in [-0.1, -0.05) is 48.9 Å². The van der Waals surface area contributed by atoms with E-state index in [1.54, 1.807) is 12.1 Å². The highest BCUT2D eigenvalue weighted by atomic mass is 19.1. The molecule has 1 aliphatic rings. The smallest absolute Gasteiger partial charge is 0.123 e. The first-order valence-electron chi connectivity index (χ1n) is 7.36. The number of nitrogens with zero attached hydrogens (tertiary/aromatic N) is 1. The van der Waals surface area contributed by atoms with Crippen molar-refractivity contribution in [2.75, 3.05) is 6.54 Å². The first-order valence-corrected chi connectivity index (χ1v) is 7.36. The Balaban J connectivity index is 1.78. The van der Waals surface area contributed by atoms with Gasteiger partial charge < -0.3 is 0 Å². The highest BCUT2D eigenvalue weighted by Gasteiger charge is 2.23. The van der Waals surface area contributed by atoms with Gasteiger partial charge in [-0.15, -0.1) is 0 Å². The third-order valence-electron chi connectivity index (χ3n) is 4.10. The summed E-state index contributed by atoms with van der Waals surface area (Å²) < 4.78 is 13.1. The van der Waals surface area contributed by atoms with Crippen LogP contribution in [0.1, 0.15) is 36.4 Å². The summed E-state index contributed by atoms with van der Waals surface area (Å²) in [6.07, 6.45) is 3.68. The minimum Gasteiger partial charge on any atom is -0.292 e. The summed E-state index contributed by atoms with van der Waals surface area (Å²) in [5.74, 6) is -0.154. The second-order valence-electron chi connectivity index (χ2n) is 5.52. The van der Waals surface area contributed by atoms with Crippen molar-refractivity contribution in [1.82, 2.24) is 4.90 Å². The maximum Gasteiger partial charge on any atom is 0.123 e. The van der Waals surface area contributed by atoms with E-state index in [1.807, 2.05) is 12.1 Å². The van der Waals surface area contributed by atoms with Crippen LogP contribution >= 0.6 is 0 Å². The highest BCUT2D eigenvalue weighted by molar-refractivity contribution is 5.21. The van der Waals surface area contributed by atoms with Crippen molar-refractivity contribution >= 4 is 0 Å². The van der Waals surface area contributed by atoms with Crippen LogP contribution < -0.4 is 0 Å². The highest BCUT2D eigenvalue weighted by Crippen LogP contribution is 2.32. The molecule has 1 fully saturated rings. The third-order valence-corrected chi connectivity index (χ3v) is 4.10. The Morgan fingerprint density at radius 1 is 0.950 bits per heavy atom. The molecule has 2 aromatic carbocycles. The van der Waals surface area contributed by atoms with Gasteiger partial charge in [0.25, 0.3) is 0 Å². The predicted molar refractivity (Wildman–Crippen MR) is 79.8 cm³/mol. The summed E-state index contributed by atoms with van der Waals surface area (Å²) in [6.45, 7) is 2.10. The number of benzene rings is 2. The molecular formula is C18H20FN. The number of piperidine rings is 1. The van der Waals surface area contributed by atoms with E-state index >= 15 is 0 Å². The predicted octanol–water partition coefficient (Wildman–Crippen LogP) is 4.55. The molecule has 2 aromatic rings. The molecule has 0 aliphatic carbocycles. The van der Waals surface area contributed by atoms with Gasteiger partial charge in [-0.2, -0.15) is 0 Å². The Bertz CT molecular complexity index is 535. The Labute approximate surface area is 120 Å². The first-order chi connectivity index (χ1) is 9.83. The minimum absolute atomic E-state index is 0.154. The molecular weight excluding hydrogens is 249 g/mol. The van der Waals surface area contributed by atoms with Gasteiger partial charge in [0, 0.05) is 12.6 Å². The normalized spacial score (nSPS) is 19.9. The lowest BCUT2D eigenvalue weighted by Gasteiger charge is -2.36. The SMILES string of the molecule is Fc1ccc([C@H]2CCCCN2Cc2ccccc2)cc1. The summed E-state index contributed by atoms with van der Waals surface area (Å²) in [4.78, 5) is 2.52. The Hall–Kier alpha value is -1.67. The van der Waals surface area contributed by atoms with Crippen molar-refractivity contribution in [3.63, 3.8) is 0 Å². The number of rotatable bonds is 3. The Morgan fingerprint density at radius 2 is 1.70 bits per heavy atom. The summed E-state index contributed by atoms with van der Waals surface area (Å²) in [5, 5.41) is 0. The van der Waals surface area contributed by atoms with E-state index in [1.165, 1.54) is 30.4 Å². The van der Waals surface area contributed by atoms with Crippen molar-refractivity contribution in [3.05, 3.63) is 71.5 Å². The molecule has 104 valence electrons. The minimum atomic E-state index is -0.154. The van der Waals surface area contributed by atoms with Gasteiger partial charge in [0.15, 0.2) is 0 Å². The van der Waals surface area contributed by atoms with Gasteiger partial charge in [-0.05, 0) is 42.6 Å². The fourth-order valence-electron chi connectivity index (χ4n) is 3.06. The molecule has 0 unspecified atom stereocenters. The van der Waals surface area contributed by atoms with Crippen molar-refractivity contribution in [1.29, 1.82) is 0 Å². The van der Waals surface area contributed by atoms with E-state index in [0.29, 0.717) is 6.04 Å². The molecule has 0 amide bonds. The molecule has 20 heavy (non-hydrogen) atoms. The zero-order chi connectivity index (χ0) is 13.8. The summed E-state index contributed by atoms with van der Waals surface area (Å²) in [5.41, 5.74) is 2.59. The topological polar surface area (TPSA) is 3.24 Å². The van der Waals surface area contributed by atoms with Crippen molar-refractivity contribution in [2.24, 2.45) is 0 Å². The number of halogens is 1. The van der Waals surface area contributed by atoms with Crippen LogP contribution in [-0.2, 0) is 6.54 Å². The van der Waals surface area contributed by atoms with Crippen molar-refractivity contribution in [2.45, 2.75) is 31.8 Å². The molecule has 1 atom stereocenters. The molecule has 0 radical (unpaired) electrons. The van der Waals surface area contributed by atoms with E-state index in [2.05, 4.69) is 35.2 Å².